The van der Waals surface area contributed by atoms with Gasteiger partial charge in [-0.1, -0.05) is 19.3 Å². The Balaban J connectivity index is 1.99. The van der Waals surface area contributed by atoms with Gasteiger partial charge in [-0.15, -0.1) is 0 Å². The summed E-state index contributed by atoms with van der Waals surface area (Å²) in [5.41, 5.74) is 0.766. The highest BCUT2D eigenvalue weighted by atomic mass is 16.3. The fourth-order valence-corrected chi connectivity index (χ4v) is 3.14. The third-order valence-electron chi connectivity index (χ3n) is 4.35. The molecule has 3 heteroatoms. The van der Waals surface area contributed by atoms with Crippen molar-refractivity contribution in [3.05, 3.63) is 23.8 Å². The van der Waals surface area contributed by atoms with Gasteiger partial charge in [0.25, 0.3) is 0 Å². The highest BCUT2D eigenvalue weighted by Gasteiger charge is 2.22. The summed E-state index contributed by atoms with van der Waals surface area (Å²) in [5, 5.41) is 23.0. The molecule has 0 saturated heterocycles. The van der Waals surface area contributed by atoms with E-state index in [1.54, 1.807) is 12.1 Å². The molecule has 106 valence electrons. The largest absolute Gasteiger partial charge is 0.508 e. The normalized spacial score (nSPS) is 20.1. The molecule has 0 heterocycles. The standard InChI is InChI=1S/C16H25NO2/c1-11(13-6-4-3-5-7-13)17-12(2)15-10-14(18)8-9-16(15)19/h8-13,17-19H,3-7H2,1-2H3. The van der Waals surface area contributed by atoms with E-state index in [0.29, 0.717) is 6.04 Å². The number of hydrogen-bond donors (Lipinski definition) is 3. The Morgan fingerprint density at radius 2 is 1.79 bits per heavy atom. The topological polar surface area (TPSA) is 52.5 Å². The molecule has 1 aromatic rings. The first kappa shape index (κ1) is 14.2. The molecule has 1 aliphatic carbocycles. The first-order valence-electron chi connectivity index (χ1n) is 7.36. The van der Waals surface area contributed by atoms with E-state index < -0.39 is 0 Å². The number of phenolic OH excluding ortho intramolecular Hbond substituents is 2. The third kappa shape index (κ3) is 3.63. The Morgan fingerprint density at radius 1 is 1.11 bits per heavy atom. The molecular weight excluding hydrogens is 238 g/mol. The lowest BCUT2D eigenvalue weighted by molar-refractivity contribution is 0.267. The Morgan fingerprint density at radius 3 is 2.47 bits per heavy atom. The molecule has 0 bridgehead atoms. The lowest BCUT2D eigenvalue weighted by Gasteiger charge is -2.31. The van der Waals surface area contributed by atoms with E-state index in [-0.39, 0.29) is 17.5 Å². The second kappa shape index (κ2) is 6.29. The van der Waals surface area contributed by atoms with Crippen molar-refractivity contribution < 1.29 is 10.2 Å². The predicted octanol–water partition coefficient (Wildman–Crippen LogP) is 3.72. The molecule has 0 radical (unpaired) electrons. The Labute approximate surface area is 115 Å². The maximum atomic E-state index is 9.88. The zero-order valence-corrected chi connectivity index (χ0v) is 11.9. The quantitative estimate of drug-likeness (QED) is 0.726. The van der Waals surface area contributed by atoms with Gasteiger partial charge in [0.1, 0.15) is 11.5 Å². The van der Waals surface area contributed by atoms with Crippen LogP contribution in [-0.4, -0.2) is 16.3 Å². The molecule has 3 N–H and O–H groups in total. The Kier molecular flexibility index (Phi) is 4.70. The third-order valence-corrected chi connectivity index (χ3v) is 4.35. The first-order valence-corrected chi connectivity index (χ1v) is 7.36. The lowest BCUT2D eigenvalue weighted by atomic mass is 9.84. The molecule has 0 aromatic heterocycles. The molecule has 3 nitrogen and oxygen atoms in total. The second-order valence-corrected chi connectivity index (χ2v) is 5.82. The van der Waals surface area contributed by atoms with Crippen molar-refractivity contribution in [1.29, 1.82) is 0 Å². The number of aromatic hydroxyl groups is 2. The fourth-order valence-electron chi connectivity index (χ4n) is 3.14. The highest BCUT2D eigenvalue weighted by Crippen LogP contribution is 2.31. The van der Waals surface area contributed by atoms with Crippen LogP contribution < -0.4 is 5.32 Å². The average Bonchev–Trinajstić information content (AvgIpc) is 2.42. The van der Waals surface area contributed by atoms with Gasteiger partial charge < -0.3 is 15.5 Å². The fraction of sp³-hybridized carbons (Fsp3) is 0.625. The van der Waals surface area contributed by atoms with Crippen molar-refractivity contribution in [3.63, 3.8) is 0 Å². The number of hydrogen-bond acceptors (Lipinski definition) is 3. The lowest BCUT2D eigenvalue weighted by Crippen LogP contribution is -2.36. The van der Waals surface area contributed by atoms with Gasteiger partial charge in [0.15, 0.2) is 0 Å². The molecule has 1 aliphatic rings. The second-order valence-electron chi connectivity index (χ2n) is 5.82. The van der Waals surface area contributed by atoms with E-state index in [2.05, 4.69) is 12.2 Å². The van der Waals surface area contributed by atoms with E-state index in [9.17, 15) is 10.2 Å². The summed E-state index contributed by atoms with van der Waals surface area (Å²) in [7, 11) is 0. The zero-order chi connectivity index (χ0) is 13.8. The van der Waals surface area contributed by atoms with Crippen LogP contribution in [0.3, 0.4) is 0 Å². The molecule has 1 aromatic carbocycles. The van der Waals surface area contributed by atoms with Crippen molar-refractivity contribution >= 4 is 0 Å². The van der Waals surface area contributed by atoms with Crippen molar-refractivity contribution in [2.75, 3.05) is 0 Å². The number of rotatable bonds is 4. The van der Waals surface area contributed by atoms with Crippen LogP contribution in [0.5, 0.6) is 11.5 Å². The minimum atomic E-state index is 0.0454. The van der Waals surface area contributed by atoms with E-state index in [1.165, 1.54) is 38.2 Å². The van der Waals surface area contributed by atoms with Gasteiger partial charge in [0.2, 0.25) is 0 Å². The van der Waals surface area contributed by atoms with Gasteiger partial charge in [-0.2, -0.15) is 0 Å². The predicted molar refractivity (Wildman–Crippen MR) is 77.4 cm³/mol. The highest BCUT2D eigenvalue weighted by molar-refractivity contribution is 5.40. The van der Waals surface area contributed by atoms with Crippen LogP contribution in [0, 0.1) is 5.92 Å². The maximum absolute atomic E-state index is 9.88. The summed E-state index contributed by atoms with van der Waals surface area (Å²) in [4.78, 5) is 0. The van der Waals surface area contributed by atoms with Crippen LogP contribution in [0.15, 0.2) is 18.2 Å². The summed E-state index contributed by atoms with van der Waals surface area (Å²) in [6, 6.07) is 5.19. The molecule has 2 rings (SSSR count). The van der Waals surface area contributed by atoms with E-state index >= 15 is 0 Å². The van der Waals surface area contributed by atoms with Crippen molar-refractivity contribution in [2.24, 2.45) is 5.92 Å². The van der Waals surface area contributed by atoms with Crippen LogP contribution in [0.4, 0.5) is 0 Å². The number of benzene rings is 1. The minimum absolute atomic E-state index is 0.0454. The molecule has 0 aliphatic heterocycles. The monoisotopic (exact) mass is 263 g/mol. The molecule has 19 heavy (non-hydrogen) atoms. The van der Waals surface area contributed by atoms with Crippen molar-refractivity contribution in [3.8, 4) is 11.5 Å². The van der Waals surface area contributed by atoms with Crippen LogP contribution in [0.1, 0.15) is 57.6 Å². The smallest absolute Gasteiger partial charge is 0.120 e. The molecule has 0 amide bonds. The van der Waals surface area contributed by atoms with Gasteiger partial charge in [0, 0.05) is 17.6 Å². The molecule has 2 unspecified atom stereocenters. The van der Waals surface area contributed by atoms with Gasteiger partial charge >= 0.3 is 0 Å². The van der Waals surface area contributed by atoms with E-state index in [1.807, 2.05) is 6.92 Å². The zero-order valence-electron chi connectivity index (χ0n) is 11.9. The summed E-state index contributed by atoms with van der Waals surface area (Å²) < 4.78 is 0. The maximum Gasteiger partial charge on any atom is 0.120 e. The van der Waals surface area contributed by atoms with Gasteiger partial charge in [-0.25, -0.2) is 0 Å². The van der Waals surface area contributed by atoms with Crippen molar-refractivity contribution in [2.45, 2.75) is 58.0 Å². The van der Waals surface area contributed by atoms with Crippen LogP contribution >= 0.6 is 0 Å². The molecular formula is C16H25NO2. The van der Waals surface area contributed by atoms with Gasteiger partial charge in [-0.05, 0) is 50.8 Å². The van der Waals surface area contributed by atoms with Crippen LogP contribution in [-0.2, 0) is 0 Å². The van der Waals surface area contributed by atoms with Crippen molar-refractivity contribution in [1.82, 2.24) is 5.32 Å². The average molecular weight is 263 g/mol. The van der Waals surface area contributed by atoms with Gasteiger partial charge in [0.05, 0.1) is 0 Å². The molecule has 2 atom stereocenters. The Bertz CT molecular complexity index is 413. The van der Waals surface area contributed by atoms with Gasteiger partial charge in [-0.3, -0.25) is 0 Å². The summed E-state index contributed by atoms with van der Waals surface area (Å²) in [6.45, 7) is 4.26. The molecule has 1 saturated carbocycles. The van der Waals surface area contributed by atoms with Crippen LogP contribution in [0.2, 0.25) is 0 Å². The molecule has 0 spiro atoms. The van der Waals surface area contributed by atoms with E-state index in [4.69, 9.17) is 0 Å². The summed E-state index contributed by atoms with van der Waals surface area (Å²) >= 11 is 0. The van der Waals surface area contributed by atoms with E-state index in [0.717, 1.165) is 11.5 Å². The van der Waals surface area contributed by atoms with Crippen LogP contribution in [0.25, 0.3) is 0 Å². The number of phenols is 2. The number of nitrogens with one attached hydrogen (secondary N) is 1. The summed E-state index contributed by atoms with van der Waals surface area (Å²) in [5.74, 6) is 1.18. The summed E-state index contributed by atoms with van der Waals surface area (Å²) in [6.07, 6.45) is 6.64. The SMILES string of the molecule is CC(NC(C)C1CCCCC1)c1cc(O)ccc1O. The molecule has 1 fully saturated rings. The Hall–Kier alpha value is -1.22. The first-order chi connectivity index (χ1) is 9.08. The minimum Gasteiger partial charge on any atom is -0.508 e.